The second-order valence-corrected chi connectivity index (χ2v) is 7.58. The third-order valence-electron chi connectivity index (χ3n) is 3.43. The molecule has 0 unspecified atom stereocenters. The van der Waals surface area contributed by atoms with Gasteiger partial charge in [-0.15, -0.1) is 11.3 Å². The Kier molecular flexibility index (Phi) is 6.34. The predicted molar refractivity (Wildman–Crippen MR) is 83.6 cm³/mol. The van der Waals surface area contributed by atoms with E-state index in [0.717, 1.165) is 29.6 Å². The Balaban J connectivity index is 1.56. The number of thiophene rings is 1. The van der Waals surface area contributed by atoms with Crippen LogP contribution in [0.4, 0.5) is 0 Å². The number of carbonyl (C=O) groups excluding carboxylic acids is 1. The van der Waals surface area contributed by atoms with Crippen molar-refractivity contribution in [2.45, 2.75) is 44.6 Å². The maximum absolute atomic E-state index is 11.7. The van der Waals surface area contributed by atoms with Crippen molar-refractivity contribution in [2.24, 2.45) is 0 Å². The average Bonchev–Trinajstić information content (AvgIpc) is 2.82. The van der Waals surface area contributed by atoms with E-state index in [-0.39, 0.29) is 5.91 Å². The quantitative estimate of drug-likeness (QED) is 0.778. The van der Waals surface area contributed by atoms with E-state index in [1.54, 1.807) is 11.3 Å². The maximum atomic E-state index is 11.7. The lowest BCUT2D eigenvalue weighted by Gasteiger charge is -2.22. The van der Waals surface area contributed by atoms with Gasteiger partial charge in [-0.25, -0.2) is 0 Å². The molecule has 1 heterocycles. The summed E-state index contributed by atoms with van der Waals surface area (Å²) in [4.78, 5) is 13.1. The van der Waals surface area contributed by atoms with Gasteiger partial charge in [-0.3, -0.25) is 4.79 Å². The highest BCUT2D eigenvalue weighted by Gasteiger charge is 2.14. The SMILES string of the molecule is O=C(CNCCc1ccc(Br)s1)NC1CCCCC1. The minimum Gasteiger partial charge on any atom is -0.352 e. The minimum absolute atomic E-state index is 0.138. The van der Waals surface area contributed by atoms with Crippen LogP contribution in [0.1, 0.15) is 37.0 Å². The van der Waals surface area contributed by atoms with Crippen LogP contribution in [0.25, 0.3) is 0 Å². The summed E-state index contributed by atoms with van der Waals surface area (Å²) >= 11 is 5.20. The van der Waals surface area contributed by atoms with E-state index in [0.29, 0.717) is 12.6 Å². The van der Waals surface area contributed by atoms with Gasteiger partial charge in [0.1, 0.15) is 0 Å². The summed E-state index contributed by atoms with van der Waals surface area (Å²) in [5, 5.41) is 6.33. The van der Waals surface area contributed by atoms with Gasteiger partial charge in [0.2, 0.25) is 5.91 Å². The van der Waals surface area contributed by atoms with Crippen LogP contribution in [-0.2, 0) is 11.2 Å². The van der Waals surface area contributed by atoms with Gasteiger partial charge in [0.15, 0.2) is 0 Å². The van der Waals surface area contributed by atoms with Crippen LogP contribution in [0.2, 0.25) is 0 Å². The topological polar surface area (TPSA) is 41.1 Å². The molecule has 1 aliphatic carbocycles. The molecule has 0 spiro atoms. The first-order valence-electron chi connectivity index (χ1n) is 6.98. The number of halogens is 1. The fourth-order valence-electron chi connectivity index (χ4n) is 2.43. The molecule has 1 aliphatic rings. The Hall–Kier alpha value is -0.390. The first-order chi connectivity index (χ1) is 9.24. The second-order valence-electron chi connectivity index (χ2n) is 5.04. The number of hydrogen-bond acceptors (Lipinski definition) is 3. The third kappa shape index (κ3) is 5.63. The van der Waals surface area contributed by atoms with Gasteiger partial charge in [0, 0.05) is 17.5 Å². The summed E-state index contributed by atoms with van der Waals surface area (Å²) in [7, 11) is 0. The first kappa shape index (κ1) is 15.0. The largest absolute Gasteiger partial charge is 0.352 e. The van der Waals surface area contributed by atoms with Gasteiger partial charge in [0.05, 0.1) is 10.3 Å². The highest BCUT2D eigenvalue weighted by molar-refractivity contribution is 9.11. The zero-order valence-corrected chi connectivity index (χ0v) is 13.5. The fraction of sp³-hybridized carbons (Fsp3) is 0.643. The molecule has 0 saturated heterocycles. The van der Waals surface area contributed by atoms with Gasteiger partial charge in [0.25, 0.3) is 0 Å². The van der Waals surface area contributed by atoms with E-state index < -0.39 is 0 Å². The van der Waals surface area contributed by atoms with Gasteiger partial charge in [-0.05, 0) is 47.3 Å². The molecule has 0 radical (unpaired) electrons. The lowest BCUT2D eigenvalue weighted by molar-refractivity contribution is -0.121. The van der Waals surface area contributed by atoms with Crippen molar-refractivity contribution >= 4 is 33.2 Å². The highest BCUT2D eigenvalue weighted by Crippen LogP contribution is 2.22. The van der Waals surface area contributed by atoms with Crippen molar-refractivity contribution in [3.63, 3.8) is 0 Å². The van der Waals surface area contributed by atoms with Crippen LogP contribution in [-0.4, -0.2) is 25.0 Å². The summed E-state index contributed by atoms with van der Waals surface area (Å²) in [5.74, 6) is 0.138. The van der Waals surface area contributed by atoms with Crippen molar-refractivity contribution < 1.29 is 4.79 Å². The third-order valence-corrected chi connectivity index (χ3v) is 5.12. The molecule has 2 N–H and O–H groups in total. The molecule has 1 amide bonds. The zero-order chi connectivity index (χ0) is 13.5. The Labute approximate surface area is 127 Å². The van der Waals surface area contributed by atoms with E-state index >= 15 is 0 Å². The molecular formula is C14H21BrN2OS. The minimum atomic E-state index is 0.138. The number of carbonyl (C=O) groups is 1. The number of amides is 1. The fourth-order valence-corrected chi connectivity index (χ4v) is 3.91. The molecule has 0 bridgehead atoms. The molecule has 0 aromatic carbocycles. The number of rotatable bonds is 6. The van der Waals surface area contributed by atoms with Crippen LogP contribution < -0.4 is 10.6 Å². The van der Waals surface area contributed by atoms with Crippen LogP contribution in [0.3, 0.4) is 0 Å². The van der Waals surface area contributed by atoms with Gasteiger partial charge < -0.3 is 10.6 Å². The summed E-state index contributed by atoms with van der Waals surface area (Å²) in [6.07, 6.45) is 7.11. The van der Waals surface area contributed by atoms with Crippen LogP contribution >= 0.6 is 27.3 Å². The van der Waals surface area contributed by atoms with E-state index in [1.807, 2.05) is 0 Å². The van der Waals surface area contributed by atoms with Gasteiger partial charge in [-0.2, -0.15) is 0 Å². The monoisotopic (exact) mass is 344 g/mol. The number of hydrogen-bond donors (Lipinski definition) is 2. The zero-order valence-electron chi connectivity index (χ0n) is 11.1. The van der Waals surface area contributed by atoms with Crippen molar-refractivity contribution in [2.75, 3.05) is 13.1 Å². The Morgan fingerprint density at radius 1 is 1.32 bits per heavy atom. The molecule has 0 atom stereocenters. The molecule has 1 aromatic rings. The van der Waals surface area contributed by atoms with E-state index in [1.165, 1.54) is 24.1 Å². The molecule has 19 heavy (non-hydrogen) atoms. The van der Waals surface area contributed by atoms with Crippen molar-refractivity contribution in [3.05, 3.63) is 20.8 Å². The van der Waals surface area contributed by atoms with E-state index in [4.69, 9.17) is 0 Å². The molecule has 5 heteroatoms. The van der Waals surface area contributed by atoms with Crippen LogP contribution in [0, 0.1) is 0 Å². The Morgan fingerprint density at radius 3 is 2.79 bits per heavy atom. The van der Waals surface area contributed by atoms with E-state index in [2.05, 4.69) is 38.7 Å². The summed E-state index contributed by atoms with van der Waals surface area (Å²) in [6.45, 7) is 1.29. The van der Waals surface area contributed by atoms with Gasteiger partial charge in [-0.1, -0.05) is 19.3 Å². The van der Waals surface area contributed by atoms with Crippen molar-refractivity contribution in [1.82, 2.24) is 10.6 Å². The molecule has 106 valence electrons. The maximum Gasteiger partial charge on any atom is 0.234 e. The molecular weight excluding hydrogens is 324 g/mol. The summed E-state index contributed by atoms with van der Waals surface area (Å²) < 4.78 is 1.16. The average molecular weight is 345 g/mol. The normalized spacial score (nSPS) is 16.5. The molecule has 2 rings (SSSR count). The standard InChI is InChI=1S/C14H21BrN2OS/c15-13-7-6-12(19-13)8-9-16-10-14(18)17-11-4-2-1-3-5-11/h6-7,11,16H,1-5,8-10H2,(H,17,18). The number of nitrogens with one attached hydrogen (secondary N) is 2. The smallest absolute Gasteiger partial charge is 0.234 e. The Bertz CT molecular complexity index is 402. The lowest BCUT2D eigenvalue weighted by Crippen LogP contribution is -2.41. The molecule has 1 aromatic heterocycles. The second kappa shape index (κ2) is 8.02. The molecule has 3 nitrogen and oxygen atoms in total. The molecule has 0 aliphatic heterocycles. The molecule has 1 saturated carbocycles. The summed E-state index contributed by atoms with van der Waals surface area (Å²) in [6, 6.07) is 4.60. The van der Waals surface area contributed by atoms with Crippen LogP contribution in [0.15, 0.2) is 15.9 Å². The highest BCUT2D eigenvalue weighted by atomic mass is 79.9. The predicted octanol–water partition coefficient (Wildman–Crippen LogP) is 3.09. The van der Waals surface area contributed by atoms with Crippen molar-refractivity contribution in [1.29, 1.82) is 0 Å². The van der Waals surface area contributed by atoms with Gasteiger partial charge >= 0.3 is 0 Å². The Morgan fingerprint density at radius 2 is 2.11 bits per heavy atom. The van der Waals surface area contributed by atoms with Crippen LogP contribution in [0.5, 0.6) is 0 Å². The lowest BCUT2D eigenvalue weighted by atomic mass is 9.95. The summed E-state index contributed by atoms with van der Waals surface area (Å²) in [5.41, 5.74) is 0. The van der Waals surface area contributed by atoms with Crippen molar-refractivity contribution in [3.8, 4) is 0 Å². The van der Waals surface area contributed by atoms with E-state index in [9.17, 15) is 4.79 Å². The first-order valence-corrected chi connectivity index (χ1v) is 8.59. The molecule has 1 fully saturated rings.